The minimum Gasteiger partial charge on any atom is -0.379 e. The van der Waals surface area contributed by atoms with E-state index in [0.717, 1.165) is 25.7 Å². The Morgan fingerprint density at radius 2 is 2.00 bits per heavy atom. The lowest BCUT2D eigenvalue weighted by atomic mass is 9.71. The molecule has 2 heteroatoms. The van der Waals surface area contributed by atoms with Crippen LogP contribution in [0.4, 0.5) is 0 Å². The molecule has 2 heterocycles. The molecule has 0 bridgehead atoms. The molecule has 0 spiro atoms. The summed E-state index contributed by atoms with van der Waals surface area (Å²) in [6, 6.07) is 9.90. The molecule has 2 aliphatic heterocycles. The molecule has 0 saturated carbocycles. The Balaban J connectivity index is 1.79. The molecule has 0 aliphatic carbocycles. The molecular formula is C17H25NO. The summed E-state index contributed by atoms with van der Waals surface area (Å²) < 4.78 is 5.56. The number of nitrogens with one attached hydrogen (secondary N) is 1. The minimum atomic E-state index is 0.243. The van der Waals surface area contributed by atoms with Gasteiger partial charge in [-0.15, -0.1) is 0 Å². The van der Waals surface area contributed by atoms with Crippen molar-refractivity contribution in [2.45, 2.75) is 44.6 Å². The van der Waals surface area contributed by atoms with Gasteiger partial charge in [-0.2, -0.15) is 0 Å². The molecular weight excluding hydrogens is 234 g/mol. The van der Waals surface area contributed by atoms with Crippen molar-refractivity contribution in [1.29, 1.82) is 0 Å². The van der Waals surface area contributed by atoms with E-state index >= 15 is 0 Å². The van der Waals surface area contributed by atoms with Crippen molar-refractivity contribution in [2.24, 2.45) is 5.92 Å². The third-order valence-electron chi connectivity index (χ3n) is 4.62. The number of hydrogen-bond donors (Lipinski definition) is 1. The van der Waals surface area contributed by atoms with Crippen molar-refractivity contribution in [3.63, 3.8) is 0 Å². The predicted octanol–water partition coefficient (Wildman–Crippen LogP) is 2.91. The van der Waals surface area contributed by atoms with Crippen LogP contribution in [-0.2, 0) is 16.6 Å². The van der Waals surface area contributed by atoms with Crippen LogP contribution in [0.1, 0.15) is 37.8 Å². The van der Waals surface area contributed by atoms with Crippen molar-refractivity contribution in [1.82, 2.24) is 5.32 Å². The second-order valence-corrected chi connectivity index (χ2v) is 6.59. The maximum absolute atomic E-state index is 5.56. The molecule has 0 aromatic heterocycles. The maximum Gasteiger partial charge on any atom is 0.0600 e. The van der Waals surface area contributed by atoms with E-state index < -0.39 is 0 Å². The molecule has 2 aliphatic rings. The lowest BCUT2D eigenvalue weighted by Crippen LogP contribution is -2.58. The smallest absolute Gasteiger partial charge is 0.0600 e. The van der Waals surface area contributed by atoms with Gasteiger partial charge in [0.2, 0.25) is 0 Å². The predicted molar refractivity (Wildman–Crippen MR) is 78.5 cm³/mol. The van der Waals surface area contributed by atoms with Gasteiger partial charge >= 0.3 is 0 Å². The zero-order chi connectivity index (χ0) is 13.3. The van der Waals surface area contributed by atoms with Gasteiger partial charge in [-0.1, -0.05) is 38.1 Å². The van der Waals surface area contributed by atoms with Gasteiger partial charge in [0.05, 0.1) is 18.6 Å². The van der Waals surface area contributed by atoms with Crippen molar-refractivity contribution in [2.75, 3.05) is 19.8 Å². The van der Waals surface area contributed by atoms with Crippen LogP contribution in [0.5, 0.6) is 0 Å². The molecule has 104 valence electrons. The van der Waals surface area contributed by atoms with Crippen molar-refractivity contribution in [3.05, 3.63) is 35.4 Å². The van der Waals surface area contributed by atoms with E-state index in [4.69, 9.17) is 4.74 Å². The fourth-order valence-electron chi connectivity index (χ4n) is 3.49. The lowest BCUT2D eigenvalue weighted by molar-refractivity contribution is -0.0760. The van der Waals surface area contributed by atoms with Crippen LogP contribution in [0.3, 0.4) is 0 Å². The summed E-state index contributed by atoms with van der Waals surface area (Å²) >= 11 is 0. The summed E-state index contributed by atoms with van der Waals surface area (Å²) in [6.45, 7) is 7.48. The third-order valence-corrected chi connectivity index (χ3v) is 4.62. The van der Waals surface area contributed by atoms with Crippen LogP contribution in [0.15, 0.2) is 24.3 Å². The first-order valence-electron chi connectivity index (χ1n) is 7.61. The highest BCUT2D eigenvalue weighted by Gasteiger charge is 2.47. The fourth-order valence-corrected chi connectivity index (χ4v) is 3.49. The number of rotatable bonds is 4. The van der Waals surface area contributed by atoms with Crippen molar-refractivity contribution in [3.8, 4) is 0 Å². The molecule has 1 atom stereocenters. The topological polar surface area (TPSA) is 21.3 Å². The molecule has 2 fully saturated rings. The number of ether oxygens (including phenoxy) is 1. The van der Waals surface area contributed by atoms with Gasteiger partial charge in [-0.3, -0.25) is 0 Å². The van der Waals surface area contributed by atoms with Gasteiger partial charge < -0.3 is 10.1 Å². The van der Waals surface area contributed by atoms with E-state index in [1.54, 1.807) is 0 Å². The summed E-state index contributed by atoms with van der Waals surface area (Å²) in [7, 11) is 0. The highest BCUT2D eigenvalue weighted by atomic mass is 16.5. The molecule has 2 nitrogen and oxygen atoms in total. The quantitative estimate of drug-likeness (QED) is 0.897. The monoisotopic (exact) mass is 259 g/mol. The van der Waals surface area contributed by atoms with Crippen LogP contribution in [-0.4, -0.2) is 25.8 Å². The second kappa shape index (κ2) is 5.26. The normalized spacial score (nSPS) is 25.5. The SMILES string of the molecule is CC(C)Cc1ccc(C2(C3CCCN3)COC2)cc1. The Kier molecular flexibility index (Phi) is 3.64. The largest absolute Gasteiger partial charge is 0.379 e. The molecule has 2 saturated heterocycles. The molecule has 0 amide bonds. The molecule has 1 aromatic carbocycles. The van der Waals surface area contributed by atoms with Crippen molar-refractivity contribution < 1.29 is 4.74 Å². The summed E-state index contributed by atoms with van der Waals surface area (Å²) in [6.07, 6.45) is 3.76. The highest BCUT2D eigenvalue weighted by Crippen LogP contribution is 2.39. The van der Waals surface area contributed by atoms with E-state index in [2.05, 4.69) is 43.4 Å². The third kappa shape index (κ3) is 2.44. The van der Waals surface area contributed by atoms with Gasteiger partial charge in [0.1, 0.15) is 0 Å². The van der Waals surface area contributed by atoms with E-state index in [0.29, 0.717) is 6.04 Å². The Hall–Kier alpha value is -0.860. The van der Waals surface area contributed by atoms with Crippen LogP contribution < -0.4 is 5.32 Å². The van der Waals surface area contributed by atoms with Gasteiger partial charge in [0.15, 0.2) is 0 Å². The summed E-state index contributed by atoms with van der Waals surface area (Å²) in [5, 5.41) is 3.66. The first-order valence-corrected chi connectivity index (χ1v) is 7.61. The Morgan fingerprint density at radius 3 is 2.47 bits per heavy atom. The van der Waals surface area contributed by atoms with E-state index in [1.807, 2.05) is 0 Å². The van der Waals surface area contributed by atoms with Crippen LogP contribution in [0.2, 0.25) is 0 Å². The van der Waals surface area contributed by atoms with Gasteiger partial charge in [0.25, 0.3) is 0 Å². The molecule has 1 N–H and O–H groups in total. The first kappa shape index (κ1) is 13.1. The van der Waals surface area contributed by atoms with Crippen LogP contribution in [0.25, 0.3) is 0 Å². The van der Waals surface area contributed by atoms with E-state index in [-0.39, 0.29) is 5.41 Å². The minimum absolute atomic E-state index is 0.243. The first-order chi connectivity index (χ1) is 9.21. The summed E-state index contributed by atoms with van der Waals surface area (Å²) in [4.78, 5) is 0. The molecule has 1 unspecified atom stereocenters. The zero-order valence-electron chi connectivity index (χ0n) is 12.1. The standard InChI is InChI=1S/C17H25NO/c1-13(2)10-14-5-7-15(8-6-14)17(11-19-12-17)16-4-3-9-18-16/h5-8,13,16,18H,3-4,9-12H2,1-2H3. The van der Waals surface area contributed by atoms with Gasteiger partial charge in [-0.25, -0.2) is 0 Å². The van der Waals surface area contributed by atoms with Crippen LogP contribution >= 0.6 is 0 Å². The van der Waals surface area contributed by atoms with Crippen LogP contribution in [0, 0.1) is 5.92 Å². The molecule has 19 heavy (non-hydrogen) atoms. The van der Waals surface area contributed by atoms with Gasteiger partial charge in [-0.05, 0) is 42.9 Å². The average Bonchev–Trinajstić information content (AvgIpc) is 2.83. The molecule has 1 aromatic rings. The highest BCUT2D eigenvalue weighted by molar-refractivity contribution is 5.34. The Labute approximate surface area is 116 Å². The van der Waals surface area contributed by atoms with Crippen molar-refractivity contribution >= 4 is 0 Å². The number of hydrogen-bond acceptors (Lipinski definition) is 2. The number of benzene rings is 1. The van der Waals surface area contributed by atoms with Gasteiger partial charge in [0, 0.05) is 6.04 Å². The molecule has 0 radical (unpaired) electrons. The van der Waals surface area contributed by atoms with E-state index in [1.165, 1.54) is 30.4 Å². The maximum atomic E-state index is 5.56. The second-order valence-electron chi connectivity index (χ2n) is 6.59. The Bertz CT molecular complexity index is 413. The molecule has 3 rings (SSSR count). The summed E-state index contributed by atoms with van der Waals surface area (Å²) in [5.41, 5.74) is 3.16. The zero-order valence-corrected chi connectivity index (χ0v) is 12.1. The summed E-state index contributed by atoms with van der Waals surface area (Å²) in [5.74, 6) is 0.725. The fraction of sp³-hybridized carbons (Fsp3) is 0.647. The van der Waals surface area contributed by atoms with E-state index in [9.17, 15) is 0 Å². The lowest BCUT2D eigenvalue weighted by Gasteiger charge is -2.46. The Morgan fingerprint density at radius 1 is 1.26 bits per heavy atom. The average molecular weight is 259 g/mol.